The fourth-order valence-electron chi connectivity index (χ4n) is 0.576. The number of hydrogen-bond acceptors (Lipinski definition) is 0. The Hall–Kier alpha value is -0.990. The van der Waals surface area contributed by atoms with Crippen LogP contribution in [0.5, 0.6) is 0 Å². The van der Waals surface area contributed by atoms with Gasteiger partial charge in [-0.15, -0.1) is 0 Å². The van der Waals surface area contributed by atoms with Gasteiger partial charge in [-0.05, 0) is 0 Å². The molecule has 0 atom stereocenters. The molecule has 0 fully saturated rings. The standard InChI is InChI=1S/C7H4F3/c8-7(9,10)6-4-2-1-3-5-6/h2-5H/q-1. The van der Waals surface area contributed by atoms with Crippen LogP contribution in [-0.2, 0) is 6.18 Å². The van der Waals surface area contributed by atoms with Gasteiger partial charge in [0.15, 0.2) is 0 Å². The third-order valence-corrected chi connectivity index (χ3v) is 1.05. The van der Waals surface area contributed by atoms with Crippen LogP contribution in [0.2, 0.25) is 0 Å². The SMILES string of the molecule is FC(F)(F)c1cc[c-]cc1. The predicted octanol–water partition coefficient (Wildman–Crippen LogP) is 2.51. The highest BCUT2D eigenvalue weighted by Gasteiger charge is 2.25. The van der Waals surface area contributed by atoms with Gasteiger partial charge >= 0.3 is 6.18 Å². The van der Waals surface area contributed by atoms with Crippen LogP contribution in [0.3, 0.4) is 0 Å². The van der Waals surface area contributed by atoms with Crippen molar-refractivity contribution in [2.24, 2.45) is 0 Å². The topological polar surface area (TPSA) is 0 Å². The van der Waals surface area contributed by atoms with Gasteiger partial charge in [0.1, 0.15) is 0 Å². The molecule has 3 heteroatoms. The van der Waals surface area contributed by atoms with Gasteiger partial charge < -0.3 is 0 Å². The quantitative estimate of drug-likeness (QED) is 0.492. The van der Waals surface area contributed by atoms with Crippen molar-refractivity contribution in [2.75, 3.05) is 0 Å². The smallest absolute Gasteiger partial charge is 0.184 e. The lowest BCUT2D eigenvalue weighted by Gasteiger charge is -2.09. The summed E-state index contributed by atoms with van der Waals surface area (Å²) in [5, 5.41) is 0. The van der Waals surface area contributed by atoms with E-state index in [1.54, 1.807) is 0 Å². The molecule has 0 saturated carbocycles. The van der Waals surface area contributed by atoms with E-state index in [2.05, 4.69) is 6.07 Å². The van der Waals surface area contributed by atoms with Gasteiger partial charge in [-0.3, -0.25) is 0 Å². The van der Waals surface area contributed by atoms with E-state index in [1.165, 1.54) is 12.1 Å². The number of benzene rings is 1. The molecule has 0 heterocycles. The Morgan fingerprint density at radius 1 is 1.10 bits per heavy atom. The summed E-state index contributed by atoms with van der Waals surface area (Å²) in [6.07, 6.45) is -4.23. The number of halogens is 3. The van der Waals surface area contributed by atoms with Crippen LogP contribution in [0.25, 0.3) is 0 Å². The lowest BCUT2D eigenvalue weighted by molar-refractivity contribution is -0.137. The van der Waals surface area contributed by atoms with Crippen molar-refractivity contribution in [1.82, 2.24) is 0 Å². The van der Waals surface area contributed by atoms with Crippen LogP contribution < -0.4 is 0 Å². The van der Waals surface area contributed by atoms with Crippen molar-refractivity contribution < 1.29 is 13.2 Å². The van der Waals surface area contributed by atoms with Crippen molar-refractivity contribution in [3.8, 4) is 0 Å². The highest BCUT2D eigenvalue weighted by molar-refractivity contribution is 5.16. The summed E-state index contributed by atoms with van der Waals surface area (Å²) in [5.41, 5.74) is -0.633. The molecule has 1 aromatic carbocycles. The van der Waals surface area contributed by atoms with E-state index in [-0.39, 0.29) is 0 Å². The van der Waals surface area contributed by atoms with Gasteiger partial charge in [0.05, 0.1) is 0 Å². The van der Waals surface area contributed by atoms with E-state index in [0.717, 1.165) is 12.1 Å². The van der Waals surface area contributed by atoms with Gasteiger partial charge in [0.25, 0.3) is 0 Å². The molecule has 54 valence electrons. The van der Waals surface area contributed by atoms with E-state index >= 15 is 0 Å². The summed E-state index contributed by atoms with van der Waals surface area (Å²) >= 11 is 0. The summed E-state index contributed by atoms with van der Waals surface area (Å²) in [6, 6.07) is 6.95. The first-order valence-corrected chi connectivity index (χ1v) is 2.64. The third-order valence-electron chi connectivity index (χ3n) is 1.05. The zero-order valence-corrected chi connectivity index (χ0v) is 4.94. The van der Waals surface area contributed by atoms with Crippen molar-refractivity contribution in [3.05, 3.63) is 35.9 Å². The molecule has 0 amide bonds. The molecule has 0 aliphatic heterocycles. The second-order valence-corrected chi connectivity index (χ2v) is 1.79. The van der Waals surface area contributed by atoms with Crippen LogP contribution >= 0.6 is 0 Å². The Balaban J connectivity index is 2.97. The molecule has 1 aromatic rings. The first-order chi connectivity index (χ1) is 4.61. The molecular weight excluding hydrogens is 141 g/mol. The van der Waals surface area contributed by atoms with Gasteiger partial charge in [-0.25, -0.2) is 0 Å². The van der Waals surface area contributed by atoms with Crippen LogP contribution in [0, 0.1) is 6.07 Å². The lowest BCUT2D eigenvalue weighted by atomic mass is 10.2. The predicted molar refractivity (Wildman–Crippen MR) is 30.3 cm³/mol. The van der Waals surface area contributed by atoms with Crippen LogP contribution in [0.15, 0.2) is 24.3 Å². The first-order valence-electron chi connectivity index (χ1n) is 2.64. The van der Waals surface area contributed by atoms with Crippen LogP contribution in [0.1, 0.15) is 5.56 Å². The molecule has 0 unspecified atom stereocenters. The third kappa shape index (κ3) is 1.50. The van der Waals surface area contributed by atoms with Crippen molar-refractivity contribution in [1.29, 1.82) is 0 Å². The summed E-state index contributed by atoms with van der Waals surface area (Å²) < 4.78 is 35.3. The molecule has 0 nitrogen and oxygen atoms in total. The fourth-order valence-corrected chi connectivity index (χ4v) is 0.576. The highest BCUT2D eigenvalue weighted by atomic mass is 19.4. The number of alkyl halides is 3. The first kappa shape index (κ1) is 7.12. The Kier molecular flexibility index (Phi) is 1.66. The second kappa shape index (κ2) is 2.33. The average Bonchev–Trinajstić information content (AvgIpc) is 1.88. The summed E-state index contributed by atoms with van der Waals surface area (Å²) in [4.78, 5) is 0. The largest absolute Gasteiger partial charge is 0.394 e. The van der Waals surface area contributed by atoms with Gasteiger partial charge in [0.2, 0.25) is 0 Å². The number of hydrogen-bond donors (Lipinski definition) is 0. The summed E-state index contributed by atoms with van der Waals surface area (Å²) in [5.74, 6) is 0. The lowest BCUT2D eigenvalue weighted by Crippen LogP contribution is -2.03. The van der Waals surface area contributed by atoms with E-state index in [1.807, 2.05) is 0 Å². The van der Waals surface area contributed by atoms with E-state index in [4.69, 9.17) is 0 Å². The fraction of sp³-hybridized carbons (Fsp3) is 0.143. The maximum atomic E-state index is 11.8. The molecule has 1 rings (SSSR count). The maximum absolute atomic E-state index is 11.8. The molecular formula is C7H4F3-. The molecule has 0 aliphatic rings. The second-order valence-electron chi connectivity index (χ2n) is 1.79. The number of rotatable bonds is 0. The maximum Gasteiger partial charge on any atom is 0.394 e. The normalized spacial score (nSPS) is 11.5. The molecule has 0 saturated heterocycles. The zero-order valence-electron chi connectivity index (χ0n) is 4.94. The Labute approximate surface area is 56.3 Å². The van der Waals surface area contributed by atoms with Crippen molar-refractivity contribution in [3.63, 3.8) is 0 Å². The highest BCUT2D eigenvalue weighted by Crippen LogP contribution is 2.28. The Morgan fingerprint density at radius 2 is 1.60 bits per heavy atom. The van der Waals surface area contributed by atoms with Gasteiger partial charge in [-0.1, -0.05) is 5.56 Å². The molecule has 0 aromatic heterocycles. The zero-order chi connectivity index (χ0) is 7.61. The molecule has 0 radical (unpaired) electrons. The molecule has 0 spiro atoms. The summed E-state index contributed by atoms with van der Waals surface area (Å²) in [7, 11) is 0. The Morgan fingerprint density at radius 3 is 1.90 bits per heavy atom. The monoisotopic (exact) mass is 145 g/mol. The molecule has 0 aliphatic carbocycles. The minimum atomic E-state index is -4.23. The summed E-state index contributed by atoms with van der Waals surface area (Å²) in [6.45, 7) is 0. The van der Waals surface area contributed by atoms with Crippen molar-refractivity contribution >= 4 is 0 Å². The molecule has 0 N–H and O–H groups in total. The molecule has 10 heavy (non-hydrogen) atoms. The van der Waals surface area contributed by atoms with Crippen LogP contribution in [0.4, 0.5) is 13.2 Å². The van der Waals surface area contributed by atoms with Crippen LogP contribution in [-0.4, -0.2) is 0 Å². The van der Waals surface area contributed by atoms with E-state index < -0.39 is 11.7 Å². The van der Waals surface area contributed by atoms with E-state index in [9.17, 15) is 13.2 Å². The van der Waals surface area contributed by atoms with E-state index in [0.29, 0.717) is 0 Å². The Bertz CT molecular complexity index is 200. The van der Waals surface area contributed by atoms with Gasteiger partial charge in [-0.2, -0.15) is 43.5 Å². The minimum absolute atomic E-state index is 0.633. The minimum Gasteiger partial charge on any atom is -0.184 e. The van der Waals surface area contributed by atoms with Gasteiger partial charge in [0, 0.05) is 0 Å². The molecule has 0 bridgehead atoms. The average molecular weight is 145 g/mol. The van der Waals surface area contributed by atoms with Crippen molar-refractivity contribution in [2.45, 2.75) is 6.18 Å².